The molecule has 1 rings (SSSR count). The topological polar surface area (TPSA) is 12.0 Å². The average Bonchev–Trinajstić information content (AvgIpc) is 2.33. The molecule has 120 valence electrons. The van der Waals surface area contributed by atoms with Crippen LogP contribution in [0.3, 0.4) is 0 Å². The highest BCUT2D eigenvalue weighted by molar-refractivity contribution is 9.10. The van der Waals surface area contributed by atoms with Gasteiger partial charge in [-0.15, -0.1) is 0 Å². The molecule has 0 radical (unpaired) electrons. The summed E-state index contributed by atoms with van der Waals surface area (Å²) in [5.74, 6) is 0. The summed E-state index contributed by atoms with van der Waals surface area (Å²) in [6, 6.07) is 2.71. The zero-order chi connectivity index (χ0) is 16.3. The number of hydrogen-bond acceptors (Lipinski definition) is 1. The minimum Gasteiger partial charge on any atom is -0.310 e. The molecule has 0 saturated heterocycles. The molecule has 1 aromatic rings. The monoisotopic (exact) mass is 377 g/mol. The van der Waals surface area contributed by atoms with E-state index in [1.807, 2.05) is 0 Å². The second-order valence-corrected chi connectivity index (χ2v) is 5.36. The number of benzene rings is 1. The van der Waals surface area contributed by atoms with E-state index in [4.69, 9.17) is 0 Å². The molecule has 1 nitrogen and oxygen atoms in total. The fraction of sp³-hybridized carbons (Fsp3) is 0.538. The lowest BCUT2D eigenvalue weighted by Crippen LogP contribution is -2.23. The van der Waals surface area contributed by atoms with Crippen molar-refractivity contribution in [2.24, 2.45) is 0 Å². The summed E-state index contributed by atoms with van der Waals surface area (Å²) in [5.41, 5.74) is -0.702. The molecule has 1 N–H and O–H groups in total. The van der Waals surface area contributed by atoms with Gasteiger partial charge >= 0.3 is 12.4 Å². The Hall–Kier alpha value is -0.760. The lowest BCUT2D eigenvalue weighted by atomic mass is 9.99. The largest absolute Gasteiger partial charge is 0.417 e. The van der Waals surface area contributed by atoms with Gasteiger partial charge in [-0.3, -0.25) is 0 Å². The molecule has 1 unspecified atom stereocenters. The molecule has 1 aromatic carbocycles. The van der Waals surface area contributed by atoms with Crippen molar-refractivity contribution in [1.82, 2.24) is 5.32 Å². The molecule has 0 aliphatic rings. The molecule has 0 fully saturated rings. The molecular formula is C13H14BrF6N. The van der Waals surface area contributed by atoms with Crippen molar-refractivity contribution in [2.45, 2.75) is 38.2 Å². The lowest BCUT2D eigenvalue weighted by molar-refractivity contribution is -0.139. The first-order chi connectivity index (χ1) is 9.54. The Bertz CT molecular complexity index is 469. The van der Waals surface area contributed by atoms with E-state index in [2.05, 4.69) is 21.2 Å². The molecule has 0 aliphatic heterocycles. The summed E-state index contributed by atoms with van der Waals surface area (Å²) >= 11 is 2.80. The summed E-state index contributed by atoms with van der Waals surface area (Å²) < 4.78 is 75.2. The van der Waals surface area contributed by atoms with Crippen LogP contribution in [0.5, 0.6) is 0 Å². The van der Waals surface area contributed by atoms with Crippen LogP contribution in [-0.2, 0) is 6.18 Å². The second-order valence-electron chi connectivity index (χ2n) is 4.50. The van der Waals surface area contributed by atoms with Crippen molar-refractivity contribution in [1.29, 1.82) is 0 Å². The second kappa shape index (κ2) is 7.00. The summed E-state index contributed by atoms with van der Waals surface area (Å²) in [7, 11) is 0. The highest BCUT2D eigenvalue weighted by Crippen LogP contribution is 2.37. The quantitative estimate of drug-likeness (QED) is 0.671. The third-order valence-corrected chi connectivity index (χ3v) is 3.56. The van der Waals surface area contributed by atoms with E-state index >= 15 is 0 Å². The minimum atomic E-state index is -4.56. The van der Waals surface area contributed by atoms with Gasteiger partial charge in [0, 0.05) is 16.9 Å². The Morgan fingerprint density at radius 2 is 1.76 bits per heavy atom. The number of halogens is 7. The molecule has 0 bridgehead atoms. The number of rotatable bonds is 5. The van der Waals surface area contributed by atoms with Gasteiger partial charge in [0.25, 0.3) is 0 Å². The van der Waals surface area contributed by atoms with E-state index in [0.29, 0.717) is 6.54 Å². The maximum atomic E-state index is 12.8. The van der Waals surface area contributed by atoms with Crippen LogP contribution in [0.25, 0.3) is 0 Å². The minimum absolute atomic E-state index is 0.134. The lowest BCUT2D eigenvalue weighted by Gasteiger charge is -2.21. The number of alkyl halides is 6. The maximum Gasteiger partial charge on any atom is 0.417 e. The van der Waals surface area contributed by atoms with Gasteiger partial charge in [-0.2, -0.15) is 26.3 Å². The Labute approximate surface area is 126 Å². The Balaban J connectivity index is 3.03. The Morgan fingerprint density at radius 3 is 2.24 bits per heavy atom. The zero-order valence-electron chi connectivity index (χ0n) is 11.1. The van der Waals surface area contributed by atoms with Crippen LogP contribution in [-0.4, -0.2) is 12.7 Å². The number of nitrogens with one attached hydrogen (secondary N) is 1. The first-order valence-electron chi connectivity index (χ1n) is 6.21. The van der Waals surface area contributed by atoms with E-state index in [0.717, 1.165) is 6.07 Å². The van der Waals surface area contributed by atoms with Crippen molar-refractivity contribution in [3.63, 3.8) is 0 Å². The molecule has 21 heavy (non-hydrogen) atoms. The molecule has 0 heterocycles. The molecule has 8 heteroatoms. The first-order valence-corrected chi connectivity index (χ1v) is 7.00. The van der Waals surface area contributed by atoms with E-state index in [1.165, 1.54) is 12.1 Å². The zero-order valence-corrected chi connectivity index (χ0v) is 12.7. The normalized spacial score (nSPS) is 14.3. The van der Waals surface area contributed by atoms with Crippen molar-refractivity contribution < 1.29 is 26.3 Å². The Morgan fingerprint density at radius 1 is 1.14 bits per heavy atom. The molecule has 0 saturated carbocycles. The van der Waals surface area contributed by atoms with Crippen molar-refractivity contribution in [2.75, 3.05) is 6.54 Å². The van der Waals surface area contributed by atoms with E-state index < -0.39 is 30.4 Å². The first kappa shape index (κ1) is 18.3. The third kappa shape index (κ3) is 5.86. The summed E-state index contributed by atoms with van der Waals surface area (Å²) in [4.78, 5) is 0. The van der Waals surface area contributed by atoms with Crippen molar-refractivity contribution >= 4 is 15.9 Å². The highest BCUT2D eigenvalue weighted by Gasteiger charge is 2.34. The van der Waals surface area contributed by atoms with Gasteiger partial charge in [0.2, 0.25) is 0 Å². The van der Waals surface area contributed by atoms with E-state index in [9.17, 15) is 26.3 Å². The van der Waals surface area contributed by atoms with Gasteiger partial charge in [-0.25, -0.2) is 0 Å². The SMILES string of the molecule is CCNC(CCC(F)(F)F)c1ccc(Br)c(C(F)(F)F)c1. The Kier molecular flexibility index (Phi) is 6.10. The molecule has 0 aliphatic carbocycles. The maximum absolute atomic E-state index is 12.8. The standard InChI is InChI=1S/C13H14BrF6N/c1-2-21-11(5-6-12(15,16)17)8-3-4-10(14)9(7-8)13(18,19)20/h3-4,7,11,21H,2,5-6H2,1H3. The molecule has 0 spiro atoms. The van der Waals surface area contributed by atoms with Crippen LogP contribution >= 0.6 is 15.9 Å². The van der Waals surface area contributed by atoms with Gasteiger partial charge in [-0.05, 0) is 30.7 Å². The molecule has 1 atom stereocenters. The van der Waals surface area contributed by atoms with Gasteiger partial charge in [0.15, 0.2) is 0 Å². The van der Waals surface area contributed by atoms with Crippen molar-refractivity contribution in [3.8, 4) is 0 Å². The van der Waals surface area contributed by atoms with Gasteiger partial charge in [0.1, 0.15) is 0 Å². The number of hydrogen-bond donors (Lipinski definition) is 1. The summed E-state index contributed by atoms with van der Waals surface area (Å²) in [5, 5.41) is 2.79. The fourth-order valence-electron chi connectivity index (χ4n) is 1.92. The summed E-state index contributed by atoms with van der Waals surface area (Å²) in [6.07, 6.45) is -10.3. The predicted octanol–water partition coefficient (Wildman–Crippen LogP) is 5.46. The van der Waals surface area contributed by atoms with Gasteiger partial charge < -0.3 is 5.32 Å². The molecule has 0 amide bonds. The van der Waals surface area contributed by atoms with E-state index in [-0.39, 0.29) is 16.5 Å². The van der Waals surface area contributed by atoms with Crippen molar-refractivity contribution in [3.05, 3.63) is 33.8 Å². The smallest absolute Gasteiger partial charge is 0.310 e. The van der Waals surface area contributed by atoms with Crippen LogP contribution in [0.2, 0.25) is 0 Å². The van der Waals surface area contributed by atoms with Crippen LogP contribution in [0.4, 0.5) is 26.3 Å². The fourth-order valence-corrected chi connectivity index (χ4v) is 2.39. The van der Waals surface area contributed by atoms with Gasteiger partial charge in [0.05, 0.1) is 5.56 Å². The predicted molar refractivity (Wildman–Crippen MR) is 70.9 cm³/mol. The third-order valence-electron chi connectivity index (χ3n) is 2.87. The highest BCUT2D eigenvalue weighted by atomic mass is 79.9. The molecular weight excluding hydrogens is 364 g/mol. The van der Waals surface area contributed by atoms with Crippen LogP contribution in [0.1, 0.15) is 36.9 Å². The van der Waals surface area contributed by atoms with Gasteiger partial charge in [-0.1, -0.05) is 28.9 Å². The van der Waals surface area contributed by atoms with Crippen LogP contribution < -0.4 is 5.32 Å². The average molecular weight is 378 g/mol. The van der Waals surface area contributed by atoms with Crippen LogP contribution in [0.15, 0.2) is 22.7 Å². The van der Waals surface area contributed by atoms with E-state index in [1.54, 1.807) is 6.92 Å². The van der Waals surface area contributed by atoms with Crippen LogP contribution in [0, 0.1) is 0 Å². The summed E-state index contributed by atoms with van der Waals surface area (Å²) in [6.45, 7) is 2.05. The molecule has 0 aromatic heterocycles.